The van der Waals surface area contributed by atoms with Crippen LogP contribution in [0.25, 0.3) is 32.1 Å². The van der Waals surface area contributed by atoms with Gasteiger partial charge in [0, 0.05) is 48.9 Å². The number of nitriles is 1. The number of nitrogens with two attached hydrogens (primary N) is 1. The highest BCUT2D eigenvalue weighted by Crippen LogP contribution is 2.45. The summed E-state index contributed by atoms with van der Waals surface area (Å²) in [4.78, 5) is 13.3. The Balaban J connectivity index is 1.29. The average Bonchev–Trinajstić information content (AvgIpc) is 3.73. The molecule has 2 unspecified atom stereocenters. The Hall–Kier alpha value is -3.73. The van der Waals surface area contributed by atoms with Crippen molar-refractivity contribution in [3.63, 3.8) is 0 Å². The number of nitrogens with one attached hydrogen (secondary N) is 1. The lowest BCUT2D eigenvalue weighted by Gasteiger charge is -2.34. The molecule has 8 nitrogen and oxygen atoms in total. The number of nitrogen functional groups attached to an aromatic ring is 1. The normalized spacial score (nSPS) is 26.5. The average molecular weight is 624 g/mol. The van der Waals surface area contributed by atoms with Gasteiger partial charge in [0.25, 0.3) is 0 Å². The lowest BCUT2D eigenvalue weighted by atomic mass is 9.95. The first-order chi connectivity index (χ1) is 21.2. The van der Waals surface area contributed by atoms with Gasteiger partial charge in [0.1, 0.15) is 46.8 Å². The highest BCUT2D eigenvalue weighted by Gasteiger charge is 2.49. The van der Waals surface area contributed by atoms with E-state index in [1.807, 2.05) is 11.0 Å². The monoisotopic (exact) mass is 623 g/mol. The zero-order valence-electron chi connectivity index (χ0n) is 23.7. The molecule has 0 aliphatic carbocycles. The fourth-order valence-corrected chi connectivity index (χ4v) is 8.79. The Kier molecular flexibility index (Phi) is 6.41. The molecule has 4 aliphatic heterocycles. The summed E-state index contributed by atoms with van der Waals surface area (Å²) < 4.78 is 68.2. The molecule has 4 saturated heterocycles. The van der Waals surface area contributed by atoms with Crippen molar-refractivity contribution in [1.29, 1.82) is 5.26 Å². The molecule has 0 radical (unpaired) electrons. The second kappa shape index (κ2) is 10.2. The number of alkyl halides is 1. The molecule has 0 amide bonds. The fourth-order valence-electron chi connectivity index (χ4n) is 7.84. The number of rotatable bonds is 5. The Labute approximate surface area is 254 Å². The molecule has 0 saturated carbocycles. The van der Waals surface area contributed by atoms with Crippen molar-refractivity contribution in [3.8, 4) is 23.2 Å². The molecule has 13 heteroatoms. The van der Waals surface area contributed by atoms with E-state index in [1.165, 1.54) is 12.1 Å². The van der Waals surface area contributed by atoms with Gasteiger partial charge in [-0.15, -0.1) is 11.3 Å². The van der Waals surface area contributed by atoms with Gasteiger partial charge in [0.05, 0.1) is 21.4 Å². The Morgan fingerprint density at radius 1 is 1.14 bits per heavy atom. The molecule has 2 aromatic carbocycles. The maximum Gasteiger partial charge on any atom is 0.319 e. The van der Waals surface area contributed by atoms with Crippen LogP contribution in [0.1, 0.15) is 37.7 Å². The molecule has 2 bridgehead atoms. The van der Waals surface area contributed by atoms with Crippen molar-refractivity contribution in [2.45, 2.75) is 55.9 Å². The van der Waals surface area contributed by atoms with E-state index in [4.69, 9.17) is 15.5 Å². The highest BCUT2D eigenvalue weighted by molar-refractivity contribution is 7.23. The topological polar surface area (TPSA) is 103 Å². The number of halogens is 4. The van der Waals surface area contributed by atoms with E-state index in [-0.39, 0.29) is 61.8 Å². The van der Waals surface area contributed by atoms with Crippen LogP contribution in [0.3, 0.4) is 0 Å². The Morgan fingerprint density at radius 2 is 1.93 bits per heavy atom. The maximum atomic E-state index is 16.7. The zero-order chi connectivity index (χ0) is 30.3. The first-order valence-electron chi connectivity index (χ1n) is 14.9. The number of hydrogen-bond acceptors (Lipinski definition) is 9. The summed E-state index contributed by atoms with van der Waals surface area (Å²) >= 11 is 0.856. The van der Waals surface area contributed by atoms with Crippen molar-refractivity contribution in [3.05, 3.63) is 41.2 Å². The fraction of sp³-hybridized carbons (Fsp3) is 0.452. The van der Waals surface area contributed by atoms with Gasteiger partial charge in [-0.2, -0.15) is 15.2 Å². The van der Waals surface area contributed by atoms with Gasteiger partial charge < -0.3 is 20.7 Å². The number of hydrogen-bond donors (Lipinski definition) is 2. The number of aromatic nitrogens is 2. The molecule has 228 valence electrons. The lowest BCUT2D eigenvalue weighted by Crippen LogP contribution is -2.51. The van der Waals surface area contributed by atoms with Gasteiger partial charge in [-0.3, -0.25) is 4.90 Å². The summed E-state index contributed by atoms with van der Waals surface area (Å²) in [5.41, 5.74) is 4.90. The van der Waals surface area contributed by atoms with Gasteiger partial charge in [-0.05, 0) is 49.9 Å². The van der Waals surface area contributed by atoms with Gasteiger partial charge in [0.2, 0.25) is 0 Å². The largest absolute Gasteiger partial charge is 0.461 e. The summed E-state index contributed by atoms with van der Waals surface area (Å²) in [6, 6.07) is 5.91. The van der Waals surface area contributed by atoms with Crippen LogP contribution < -0.4 is 20.7 Å². The van der Waals surface area contributed by atoms with E-state index in [0.717, 1.165) is 49.6 Å². The first kappa shape index (κ1) is 27.8. The van der Waals surface area contributed by atoms with Gasteiger partial charge in [-0.25, -0.2) is 17.6 Å². The van der Waals surface area contributed by atoms with E-state index in [9.17, 15) is 14.0 Å². The Morgan fingerprint density at radius 3 is 2.70 bits per heavy atom. The molecule has 44 heavy (non-hydrogen) atoms. The van der Waals surface area contributed by atoms with Crippen LogP contribution in [-0.4, -0.2) is 71.4 Å². The van der Waals surface area contributed by atoms with Crippen LogP contribution in [0.15, 0.2) is 18.2 Å². The van der Waals surface area contributed by atoms with Gasteiger partial charge in [-0.1, -0.05) is 6.07 Å². The number of fused-ring (bicyclic) bond motifs is 5. The smallest absolute Gasteiger partial charge is 0.319 e. The third kappa shape index (κ3) is 4.22. The van der Waals surface area contributed by atoms with Gasteiger partial charge >= 0.3 is 6.01 Å². The predicted octanol–water partition coefficient (Wildman–Crippen LogP) is 5.28. The van der Waals surface area contributed by atoms with Crippen LogP contribution in [-0.2, 0) is 0 Å². The van der Waals surface area contributed by atoms with Crippen molar-refractivity contribution < 1.29 is 22.3 Å². The number of thiophene rings is 1. The van der Waals surface area contributed by atoms with E-state index in [2.05, 4.69) is 15.2 Å². The predicted molar refractivity (Wildman–Crippen MR) is 160 cm³/mol. The van der Waals surface area contributed by atoms with Gasteiger partial charge in [0.15, 0.2) is 5.82 Å². The number of piperazine rings is 1. The second-order valence-electron chi connectivity index (χ2n) is 12.4. The summed E-state index contributed by atoms with van der Waals surface area (Å²) in [6.45, 7) is 2.51. The molecule has 6 heterocycles. The molecule has 0 spiro atoms. The van der Waals surface area contributed by atoms with E-state index in [0.29, 0.717) is 31.9 Å². The molecule has 4 atom stereocenters. The third-order valence-corrected chi connectivity index (χ3v) is 10.8. The number of ether oxygens (including phenoxy) is 1. The molecular weight excluding hydrogens is 594 g/mol. The molecule has 4 aromatic rings. The molecule has 4 fully saturated rings. The molecule has 2 aromatic heterocycles. The maximum absolute atomic E-state index is 16.7. The second-order valence-corrected chi connectivity index (χ2v) is 13.5. The zero-order valence-corrected chi connectivity index (χ0v) is 24.5. The molecular formula is C31H29F4N7OS. The minimum atomic E-state index is -0.974. The Bertz CT molecular complexity index is 1870. The molecule has 3 N–H and O–H groups in total. The van der Waals surface area contributed by atoms with Crippen LogP contribution in [0.4, 0.5) is 28.4 Å². The minimum Gasteiger partial charge on any atom is -0.461 e. The van der Waals surface area contributed by atoms with Crippen molar-refractivity contribution >= 4 is 43.1 Å². The van der Waals surface area contributed by atoms with E-state index in [1.54, 1.807) is 0 Å². The summed E-state index contributed by atoms with van der Waals surface area (Å²) in [6.07, 6.45) is 3.12. The standard InChI is InChI=1S/C31H29F4N7OS/c32-15-9-31(6-1-7-42(31)11-15)14-43-30-39-26-19(29(40-30)41-12-16-2-3-17(13-41)38-16)8-22(34)24(25(26)35)18-4-5-21(33)27-23(18)20(10-36)28(37)44-27/h4-5,8,15-17,38H,1-3,6-7,9,11-14,37H2/t15-,16?,17?,31+/m1/s1. The summed E-state index contributed by atoms with van der Waals surface area (Å²) in [7, 11) is 0. The van der Waals surface area contributed by atoms with Crippen LogP contribution in [0.2, 0.25) is 0 Å². The van der Waals surface area contributed by atoms with Crippen LogP contribution >= 0.6 is 11.3 Å². The number of anilines is 2. The summed E-state index contributed by atoms with van der Waals surface area (Å²) in [5.74, 6) is -2.14. The van der Waals surface area contributed by atoms with Crippen molar-refractivity contribution in [2.75, 3.05) is 43.4 Å². The van der Waals surface area contributed by atoms with E-state index < -0.39 is 34.7 Å². The van der Waals surface area contributed by atoms with Crippen LogP contribution in [0.5, 0.6) is 6.01 Å². The van der Waals surface area contributed by atoms with Crippen molar-refractivity contribution in [2.24, 2.45) is 0 Å². The SMILES string of the molecule is N#Cc1c(N)sc2c(F)ccc(-c3c(F)cc4c(N5CC6CCC(C5)N6)nc(OC[C@@]56CCCN5C[C@H](F)C6)nc4c3F)c12. The number of benzene rings is 2. The summed E-state index contributed by atoms with van der Waals surface area (Å²) in [5, 5.41) is 13.6. The lowest BCUT2D eigenvalue weighted by molar-refractivity contribution is 0.107. The highest BCUT2D eigenvalue weighted by atomic mass is 32.1. The molecule has 4 aliphatic rings. The minimum absolute atomic E-state index is 0.00563. The number of nitrogens with zero attached hydrogens (tertiary/aromatic N) is 5. The van der Waals surface area contributed by atoms with Crippen molar-refractivity contribution in [1.82, 2.24) is 20.2 Å². The molecule has 8 rings (SSSR count). The first-order valence-corrected chi connectivity index (χ1v) is 15.7. The van der Waals surface area contributed by atoms with Crippen LogP contribution in [0, 0.1) is 28.8 Å². The quantitative estimate of drug-likeness (QED) is 0.290. The third-order valence-electron chi connectivity index (χ3n) is 9.79. The van der Waals surface area contributed by atoms with E-state index >= 15 is 8.78 Å².